The summed E-state index contributed by atoms with van der Waals surface area (Å²) in [4.78, 5) is 2.16. The second-order valence-electron chi connectivity index (χ2n) is 5.61. The molecule has 1 N–H and O–H groups in total. The summed E-state index contributed by atoms with van der Waals surface area (Å²) in [5.41, 5.74) is 1.07. The van der Waals surface area contributed by atoms with Crippen molar-refractivity contribution in [1.82, 2.24) is 5.32 Å². The largest absolute Gasteiger partial charge is 0.373 e. The van der Waals surface area contributed by atoms with Gasteiger partial charge in [0.05, 0.1) is 0 Å². The molecule has 1 saturated carbocycles. The minimum Gasteiger partial charge on any atom is -0.373 e. The van der Waals surface area contributed by atoms with Gasteiger partial charge in [0.1, 0.15) is 5.82 Å². The van der Waals surface area contributed by atoms with Crippen LogP contribution in [0.4, 0.5) is 10.1 Å². The van der Waals surface area contributed by atoms with E-state index in [2.05, 4.69) is 17.3 Å². The summed E-state index contributed by atoms with van der Waals surface area (Å²) in [5, 5.41) is 3.55. The first-order chi connectivity index (χ1) is 9.25. The molecule has 0 aliphatic heterocycles. The molecule has 2 nitrogen and oxygen atoms in total. The molecule has 2 rings (SSSR count). The number of benzene rings is 1. The molecular formula is C16H25FN2. The normalized spacial score (nSPS) is 16.5. The van der Waals surface area contributed by atoms with Crippen LogP contribution in [0, 0.1) is 11.7 Å². The van der Waals surface area contributed by atoms with Crippen molar-refractivity contribution >= 4 is 5.69 Å². The lowest BCUT2D eigenvalue weighted by atomic mass is 9.89. The van der Waals surface area contributed by atoms with Crippen molar-refractivity contribution in [3.05, 3.63) is 30.1 Å². The van der Waals surface area contributed by atoms with E-state index in [-0.39, 0.29) is 5.82 Å². The van der Waals surface area contributed by atoms with Gasteiger partial charge in [0.15, 0.2) is 0 Å². The summed E-state index contributed by atoms with van der Waals surface area (Å²) in [6.07, 6.45) is 7.01. The molecule has 1 aliphatic rings. The van der Waals surface area contributed by atoms with Gasteiger partial charge >= 0.3 is 0 Å². The molecule has 0 radical (unpaired) electrons. The lowest BCUT2D eigenvalue weighted by Gasteiger charge is -2.23. The Morgan fingerprint density at radius 2 is 1.84 bits per heavy atom. The van der Waals surface area contributed by atoms with Crippen LogP contribution in [0.3, 0.4) is 0 Å². The minimum atomic E-state index is -0.174. The fraction of sp³-hybridized carbons (Fsp3) is 0.625. The number of nitrogens with one attached hydrogen (secondary N) is 1. The summed E-state index contributed by atoms with van der Waals surface area (Å²) in [5.74, 6) is 0.706. The molecular weight excluding hydrogens is 239 g/mol. The molecule has 1 fully saturated rings. The Bertz CT molecular complexity index is 358. The standard InChI is InChI=1S/C16H25FN2/c1-19(16-9-7-15(17)8-10-16)12-11-18-13-14-5-3-2-4-6-14/h7-10,14,18H,2-6,11-13H2,1H3. The Morgan fingerprint density at radius 1 is 1.16 bits per heavy atom. The van der Waals surface area contributed by atoms with Gasteiger partial charge in [-0.05, 0) is 49.6 Å². The minimum absolute atomic E-state index is 0.174. The predicted molar refractivity (Wildman–Crippen MR) is 79.1 cm³/mol. The molecule has 0 saturated heterocycles. The molecule has 1 aliphatic carbocycles. The lowest BCUT2D eigenvalue weighted by Crippen LogP contribution is -2.32. The second-order valence-corrected chi connectivity index (χ2v) is 5.61. The number of halogens is 1. The predicted octanol–water partition coefficient (Wildman–Crippen LogP) is 3.43. The summed E-state index contributed by atoms with van der Waals surface area (Å²) in [7, 11) is 2.05. The molecule has 0 heterocycles. The van der Waals surface area contributed by atoms with Crippen LogP contribution in [0.2, 0.25) is 0 Å². The van der Waals surface area contributed by atoms with E-state index in [0.717, 1.165) is 31.2 Å². The van der Waals surface area contributed by atoms with Gasteiger partial charge in [0.2, 0.25) is 0 Å². The molecule has 1 aromatic rings. The topological polar surface area (TPSA) is 15.3 Å². The fourth-order valence-electron chi connectivity index (χ4n) is 2.77. The summed E-state index contributed by atoms with van der Waals surface area (Å²) >= 11 is 0. The molecule has 19 heavy (non-hydrogen) atoms. The molecule has 0 spiro atoms. The van der Waals surface area contributed by atoms with Crippen molar-refractivity contribution in [2.45, 2.75) is 32.1 Å². The van der Waals surface area contributed by atoms with Crippen LogP contribution in [-0.2, 0) is 0 Å². The van der Waals surface area contributed by atoms with E-state index in [9.17, 15) is 4.39 Å². The molecule has 0 atom stereocenters. The Hall–Kier alpha value is -1.09. The fourth-order valence-corrected chi connectivity index (χ4v) is 2.77. The highest BCUT2D eigenvalue weighted by molar-refractivity contribution is 5.45. The Kier molecular flexibility index (Phi) is 5.64. The average molecular weight is 264 g/mol. The average Bonchev–Trinajstić information content (AvgIpc) is 2.45. The Morgan fingerprint density at radius 3 is 2.53 bits per heavy atom. The first kappa shape index (κ1) is 14.3. The van der Waals surface area contributed by atoms with Crippen LogP contribution in [0.25, 0.3) is 0 Å². The molecule has 1 aromatic carbocycles. The zero-order chi connectivity index (χ0) is 13.5. The van der Waals surface area contributed by atoms with E-state index in [1.807, 2.05) is 12.1 Å². The third kappa shape index (κ3) is 4.83. The van der Waals surface area contributed by atoms with Crippen LogP contribution in [-0.4, -0.2) is 26.7 Å². The van der Waals surface area contributed by atoms with E-state index in [4.69, 9.17) is 0 Å². The smallest absolute Gasteiger partial charge is 0.123 e. The van der Waals surface area contributed by atoms with Gasteiger partial charge in [0.25, 0.3) is 0 Å². The van der Waals surface area contributed by atoms with E-state index in [1.165, 1.54) is 44.2 Å². The molecule has 0 aromatic heterocycles. The maximum absolute atomic E-state index is 12.8. The maximum atomic E-state index is 12.8. The highest BCUT2D eigenvalue weighted by Crippen LogP contribution is 2.22. The van der Waals surface area contributed by atoms with Gasteiger partial charge in [-0.25, -0.2) is 4.39 Å². The SMILES string of the molecule is CN(CCNCC1CCCCC1)c1ccc(F)cc1. The highest BCUT2D eigenvalue weighted by atomic mass is 19.1. The van der Waals surface area contributed by atoms with Gasteiger partial charge in [-0.15, -0.1) is 0 Å². The van der Waals surface area contributed by atoms with Crippen molar-refractivity contribution in [2.75, 3.05) is 31.6 Å². The molecule has 106 valence electrons. The number of hydrogen-bond acceptors (Lipinski definition) is 2. The quantitative estimate of drug-likeness (QED) is 0.792. The third-order valence-electron chi connectivity index (χ3n) is 4.05. The third-order valence-corrected chi connectivity index (χ3v) is 4.05. The van der Waals surface area contributed by atoms with E-state index in [0.29, 0.717) is 0 Å². The van der Waals surface area contributed by atoms with Gasteiger partial charge in [-0.1, -0.05) is 19.3 Å². The zero-order valence-corrected chi connectivity index (χ0v) is 11.9. The molecule has 3 heteroatoms. The van der Waals surface area contributed by atoms with E-state index < -0.39 is 0 Å². The Labute approximate surface area is 116 Å². The van der Waals surface area contributed by atoms with Crippen LogP contribution < -0.4 is 10.2 Å². The van der Waals surface area contributed by atoms with E-state index >= 15 is 0 Å². The van der Waals surface area contributed by atoms with Crippen molar-refractivity contribution in [1.29, 1.82) is 0 Å². The number of nitrogens with zero attached hydrogens (tertiary/aromatic N) is 1. The summed E-state index contributed by atoms with van der Waals surface area (Å²) in [6.45, 7) is 3.10. The number of hydrogen-bond donors (Lipinski definition) is 1. The molecule has 0 amide bonds. The molecule has 0 unspecified atom stereocenters. The van der Waals surface area contributed by atoms with Crippen LogP contribution in [0.5, 0.6) is 0 Å². The first-order valence-electron chi connectivity index (χ1n) is 7.43. The Balaban J connectivity index is 1.63. The van der Waals surface area contributed by atoms with E-state index in [1.54, 1.807) is 0 Å². The molecule has 0 bridgehead atoms. The van der Waals surface area contributed by atoms with Gasteiger partial charge in [-0.2, -0.15) is 0 Å². The second kappa shape index (κ2) is 7.49. The van der Waals surface area contributed by atoms with Crippen molar-refractivity contribution < 1.29 is 4.39 Å². The monoisotopic (exact) mass is 264 g/mol. The number of anilines is 1. The zero-order valence-electron chi connectivity index (χ0n) is 11.9. The van der Waals surface area contributed by atoms with Gasteiger partial charge < -0.3 is 10.2 Å². The van der Waals surface area contributed by atoms with Crippen molar-refractivity contribution in [2.24, 2.45) is 5.92 Å². The van der Waals surface area contributed by atoms with Gasteiger partial charge in [0, 0.05) is 25.8 Å². The van der Waals surface area contributed by atoms with Crippen molar-refractivity contribution in [3.8, 4) is 0 Å². The summed E-state index contributed by atoms with van der Waals surface area (Å²) < 4.78 is 12.8. The maximum Gasteiger partial charge on any atom is 0.123 e. The van der Waals surface area contributed by atoms with Crippen molar-refractivity contribution in [3.63, 3.8) is 0 Å². The number of likely N-dealkylation sites (N-methyl/N-ethyl adjacent to an activating group) is 1. The highest BCUT2D eigenvalue weighted by Gasteiger charge is 2.12. The number of rotatable bonds is 6. The van der Waals surface area contributed by atoms with Crippen LogP contribution >= 0.6 is 0 Å². The lowest BCUT2D eigenvalue weighted by molar-refractivity contribution is 0.343. The van der Waals surface area contributed by atoms with Crippen LogP contribution in [0.1, 0.15) is 32.1 Å². The summed E-state index contributed by atoms with van der Waals surface area (Å²) in [6, 6.07) is 6.69. The van der Waals surface area contributed by atoms with Gasteiger partial charge in [-0.3, -0.25) is 0 Å². The van der Waals surface area contributed by atoms with Crippen LogP contribution in [0.15, 0.2) is 24.3 Å². The first-order valence-corrected chi connectivity index (χ1v) is 7.43.